The Kier molecular flexibility index (Phi) is 4.97. The summed E-state index contributed by atoms with van der Waals surface area (Å²) in [5.74, 6) is 0.930. The number of hydrogen-bond acceptors (Lipinski definition) is 5. The van der Waals surface area contributed by atoms with Gasteiger partial charge in [0.2, 0.25) is 0 Å². The highest BCUT2D eigenvalue weighted by atomic mass is 32.2. The van der Waals surface area contributed by atoms with Crippen LogP contribution in [0.15, 0.2) is 41.3 Å². The van der Waals surface area contributed by atoms with E-state index in [9.17, 15) is 8.42 Å². The van der Waals surface area contributed by atoms with Gasteiger partial charge < -0.3 is 4.90 Å². The first-order valence-electron chi connectivity index (χ1n) is 7.14. The van der Waals surface area contributed by atoms with E-state index in [0.717, 1.165) is 24.5 Å². The van der Waals surface area contributed by atoms with Crippen LogP contribution in [0.1, 0.15) is 19.4 Å². The molecule has 0 aliphatic heterocycles. The van der Waals surface area contributed by atoms with Crippen molar-refractivity contribution >= 4 is 21.7 Å². The smallest absolute Gasteiger partial charge is 0.263 e. The van der Waals surface area contributed by atoms with Crippen molar-refractivity contribution < 1.29 is 8.42 Å². The molecular formula is C15H20N4O2S. The van der Waals surface area contributed by atoms with Gasteiger partial charge >= 0.3 is 0 Å². The molecule has 118 valence electrons. The molecule has 0 aliphatic carbocycles. The molecule has 0 atom stereocenters. The van der Waals surface area contributed by atoms with Crippen LogP contribution in [-0.4, -0.2) is 31.7 Å². The molecule has 0 unspecified atom stereocenters. The third-order valence-corrected chi connectivity index (χ3v) is 4.68. The van der Waals surface area contributed by atoms with Gasteiger partial charge in [-0.2, -0.15) is 0 Å². The van der Waals surface area contributed by atoms with Crippen LogP contribution >= 0.6 is 0 Å². The maximum absolute atomic E-state index is 12.3. The first-order chi connectivity index (χ1) is 10.5. The zero-order valence-corrected chi connectivity index (χ0v) is 13.8. The van der Waals surface area contributed by atoms with Gasteiger partial charge in [-0.1, -0.05) is 17.7 Å². The van der Waals surface area contributed by atoms with Crippen molar-refractivity contribution in [3.05, 3.63) is 42.0 Å². The van der Waals surface area contributed by atoms with Crippen LogP contribution < -0.4 is 9.62 Å². The molecule has 0 bridgehead atoms. The van der Waals surface area contributed by atoms with Crippen LogP contribution in [-0.2, 0) is 10.0 Å². The number of benzene rings is 1. The fraction of sp³-hybridized carbons (Fsp3) is 0.333. The average Bonchev–Trinajstić information content (AvgIpc) is 2.50. The van der Waals surface area contributed by atoms with E-state index in [1.54, 1.807) is 36.4 Å². The summed E-state index contributed by atoms with van der Waals surface area (Å²) in [6, 6.07) is 10.0. The predicted molar refractivity (Wildman–Crippen MR) is 87.6 cm³/mol. The summed E-state index contributed by atoms with van der Waals surface area (Å²) in [5, 5.41) is 8.00. The van der Waals surface area contributed by atoms with E-state index in [2.05, 4.69) is 14.9 Å². The minimum atomic E-state index is -3.64. The molecule has 7 heteroatoms. The summed E-state index contributed by atoms with van der Waals surface area (Å²) < 4.78 is 26.9. The summed E-state index contributed by atoms with van der Waals surface area (Å²) in [4.78, 5) is 2.23. The molecule has 0 saturated heterocycles. The Labute approximate surface area is 131 Å². The lowest BCUT2D eigenvalue weighted by Crippen LogP contribution is -2.23. The van der Waals surface area contributed by atoms with Crippen LogP contribution in [0.25, 0.3) is 0 Å². The Hall–Kier alpha value is -2.15. The zero-order valence-electron chi connectivity index (χ0n) is 12.9. The summed E-state index contributed by atoms with van der Waals surface area (Å²) in [7, 11) is -3.64. The molecule has 2 rings (SSSR count). The average molecular weight is 320 g/mol. The zero-order chi connectivity index (χ0) is 16.2. The van der Waals surface area contributed by atoms with Gasteiger partial charge in [0.25, 0.3) is 10.0 Å². The molecule has 0 saturated carbocycles. The van der Waals surface area contributed by atoms with Crippen molar-refractivity contribution in [3.63, 3.8) is 0 Å². The van der Waals surface area contributed by atoms with Crippen molar-refractivity contribution in [2.75, 3.05) is 22.7 Å². The molecule has 0 amide bonds. The Morgan fingerprint density at radius 3 is 2.14 bits per heavy atom. The Balaban J connectivity index is 2.18. The van der Waals surface area contributed by atoms with Crippen LogP contribution in [0.2, 0.25) is 0 Å². The summed E-state index contributed by atoms with van der Waals surface area (Å²) in [6.45, 7) is 7.60. The Bertz CT molecular complexity index is 708. The van der Waals surface area contributed by atoms with Crippen molar-refractivity contribution in [1.29, 1.82) is 0 Å². The maximum Gasteiger partial charge on any atom is 0.263 e. The van der Waals surface area contributed by atoms with Gasteiger partial charge in [-0.25, -0.2) is 8.42 Å². The van der Waals surface area contributed by atoms with Gasteiger partial charge in [-0.15, -0.1) is 10.2 Å². The molecule has 0 radical (unpaired) electrons. The minimum absolute atomic E-state index is 0.202. The van der Waals surface area contributed by atoms with Crippen molar-refractivity contribution in [2.24, 2.45) is 0 Å². The first-order valence-corrected chi connectivity index (χ1v) is 8.62. The standard InChI is InChI=1S/C15H20N4O2S/c1-4-19(5-2)15-11-10-14(16-17-15)18-22(20,21)13-8-6-12(3)7-9-13/h6-11H,4-5H2,1-3H3,(H,16,18). The van der Waals surface area contributed by atoms with Crippen LogP contribution in [0.3, 0.4) is 0 Å². The second kappa shape index (κ2) is 6.74. The molecule has 1 heterocycles. The first kappa shape index (κ1) is 16.2. The van der Waals surface area contributed by atoms with E-state index < -0.39 is 10.0 Å². The molecule has 0 fully saturated rings. The molecule has 2 aromatic rings. The quantitative estimate of drug-likeness (QED) is 0.885. The van der Waals surface area contributed by atoms with Gasteiger partial charge in [0.15, 0.2) is 11.6 Å². The third kappa shape index (κ3) is 3.73. The topological polar surface area (TPSA) is 75.2 Å². The van der Waals surface area contributed by atoms with E-state index in [-0.39, 0.29) is 10.7 Å². The van der Waals surface area contributed by atoms with Gasteiger partial charge in [0.1, 0.15) is 0 Å². The Morgan fingerprint density at radius 1 is 1.00 bits per heavy atom. The molecule has 6 nitrogen and oxygen atoms in total. The number of hydrogen-bond donors (Lipinski definition) is 1. The molecule has 1 aromatic heterocycles. The van der Waals surface area contributed by atoms with Gasteiger partial charge in [0.05, 0.1) is 4.90 Å². The number of rotatable bonds is 6. The highest BCUT2D eigenvalue weighted by Crippen LogP contribution is 2.16. The van der Waals surface area contributed by atoms with Crippen LogP contribution in [0, 0.1) is 6.92 Å². The van der Waals surface area contributed by atoms with Crippen LogP contribution in [0.5, 0.6) is 0 Å². The number of nitrogens with zero attached hydrogens (tertiary/aromatic N) is 3. The van der Waals surface area contributed by atoms with Gasteiger partial charge in [0, 0.05) is 13.1 Å². The molecular weight excluding hydrogens is 300 g/mol. The van der Waals surface area contributed by atoms with Crippen molar-refractivity contribution in [1.82, 2.24) is 10.2 Å². The number of sulfonamides is 1. The molecule has 1 N–H and O–H groups in total. The monoisotopic (exact) mass is 320 g/mol. The van der Waals surface area contributed by atoms with E-state index in [4.69, 9.17) is 0 Å². The summed E-state index contributed by atoms with van der Waals surface area (Å²) >= 11 is 0. The number of nitrogens with one attached hydrogen (secondary N) is 1. The normalized spacial score (nSPS) is 11.2. The summed E-state index contributed by atoms with van der Waals surface area (Å²) in [6.07, 6.45) is 0. The lowest BCUT2D eigenvalue weighted by molar-refractivity contribution is 0.601. The molecule has 0 spiro atoms. The number of aromatic nitrogens is 2. The molecule has 0 aliphatic rings. The number of anilines is 2. The van der Waals surface area contributed by atoms with E-state index in [1.165, 1.54) is 0 Å². The highest BCUT2D eigenvalue weighted by Gasteiger charge is 2.15. The molecule has 22 heavy (non-hydrogen) atoms. The minimum Gasteiger partial charge on any atom is -0.356 e. The second-order valence-electron chi connectivity index (χ2n) is 4.87. The predicted octanol–water partition coefficient (Wildman–Crippen LogP) is 2.43. The van der Waals surface area contributed by atoms with E-state index >= 15 is 0 Å². The van der Waals surface area contributed by atoms with Crippen molar-refractivity contribution in [2.45, 2.75) is 25.7 Å². The van der Waals surface area contributed by atoms with Crippen molar-refractivity contribution in [3.8, 4) is 0 Å². The summed E-state index contributed by atoms with van der Waals surface area (Å²) in [5.41, 5.74) is 1.00. The van der Waals surface area contributed by atoms with E-state index in [0.29, 0.717) is 0 Å². The maximum atomic E-state index is 12.3. The number of aryl methyl sites for hydroxylation is 1. The Morgan fingerprint density at radius 2 is 1.64 bits per heavy atom. The molecule has 1 aromatic carbocycles. The third-order valence-electron chi connectivity index (χ3n) is 3.31. The fourth-order valence-electron chi connectivity index (χ4n) is 2.01. The fourth-order valence-corrected chi connectivity index (χ4v) is 3.01. The second-order valence-corrected chi connectivity index (χ2v) is 6.55. The van der Waals surface area contributed by atoms with Gasteiger partial charge in [-0.05, 0) is 45.0 Å². The largest absolute Gasteiger partial charge is 0.356 e. The van der Waals surface area contributed by atoms with E-state index in [1.807, 2.05) is 25.7 Å². The SMILES string of the molecule is CCN(CC)c1ccc(NS(=O)(=O)c2ccc(C)cc2)nn1. The lowest BCUT2D eigenvalue weighted by atomic mass is 10.2. The lowest BCUT2D eigenvalue weighted by Gasteiger charge is -2.18. The van der Waals surface area contributed by atoms with Crippen LogP contribution in [0.4, 0.5) is 11.6 Å². The van der Waals surface area contributed by atoms with Gasteiger partial charge in [-0.3, -0.25) is 4.72 Å². The highest BCUT2D eigenvalue weighted by molar-refractivity contribution is 7.92.